The molecule has 0 spiro atoms. The van der Waals surface area contributed by atoms with E-state index in [1.54, 1.807) is 26.1 Å². The molecular weight excluding hydrogens is 379 g/mol. The highest BCUT2D eigenvalue weighted by molar-refractivity contribution is 7.14. The molecule has 0 saturated heterocycles. The Morgan fingerprint density at radius 1 is 1.25 bits per heavy atom. The van der Waals surface area contributed by atoms with E-state index in [1.807, 2.05) is 6.92 Å². The van der Waals surface area contributed by atoms with Crippen LogP contribution >= 0.6 is 11.3 Å². The topological polar surface area (TPSA) is 69.0 Å². The van der Waals surface area contributed by atoms with E-state index in [4.69, 9.17) is 4.74 Å². The number of nitrogens with zero attached hydrogens (tertiary/aromatic N) is 3. The Morgan fingerprint density at radius 2 is 1.96 bits per heavy atom. The number of aromatic nitrogens is 3. The fourth-order valence-electron chi connectivity index (χ4n) is 2.64. The van der Waals surface area contributed by atoms with E-state index in [0.29, 0.717) is 33.6 Å². The fraction of sp³-hybridized carbons (Fsp3) is 0.350. The normalized spacial score (nSPS) is 11.5. The van der Waals surface area contributed by atoms with Gasteiger partial charge in [-0.15, -0.1) is 11.3 Å². The van der Waals surface area contributed by atoms with Gasteiger partial charge in [-0.05, 0) is 26.0 Å². The molecule has 0 aliphatic carbocycles. The summed E-state index contributed by atoms with van der Waals surface area (Å²) < 4.78 is 20.8. The van der Waals surface area contributed by atoms with E-state index >= 15 is 0 Å². The van der Waals surface area contributed by atoms with Crippen LogP contribution in [0.25, 0.3) is 0 Å². The maximum absolute atomic E-state index is 13.5. The summed E-state index contributed by atoms with van der Waals surface area (Å²) in [6.07, 6.45) is 0. The van der Waals surface area contributed by atoms with Gasteiger partial charge in [0, 0.05) is 18.5 Å². The number of amides is 1. The second kappa shape index (κ2) is 7.35. The average Bonchev–Trinajstić information content (AvgIpc) is 3.10. The zero-order valence-electron chi connectivity index (χ0n) is 16.8. The molecule has 3 rings (SSSR count). The SMILES string of the molecule is Cc1nc(C(C)(C)C)sc1C(=O)Nc1c(C)nn(C)c1Oc1cccc(F)c1. The Hall–Kier alpha value is -2.74. The highest BCUT2D eigenvalue weighted by Gasteiger charge is 2.25. The van der Waals surface area contributed by atoms with Gasteiger partial charge in [0.2, 0.25) is 5.88 Å². The molecule has 0 fully saturated rings. The van der Waals surface area contributed by atoms with Crippen LogP contribution in [0.5, 0.6) is 11.6 Å². The van der Waals surface area contributed by atoms with Crippen LogP contribution in [0.3, 0.4) is 0 Å². The van der Waals surface area contributed by atoms with Crippen molar-refractivity contribution in [2.24, 2.45) is 7.05 Å². The standard InChI is InChI=1S/C20H23FN4O2S/c1-11-15(18(25(6)24-11)27-14-9-7-8-13(21)10-14)23-17(26)16-12(2)22-19(28-16)20(3,4)5/h7-10H,1-6H3,(H,23,26). The number of thiazole rings is 1. The minimum Gasteiger partial charge on any atom is -0.437 e. The summed E-state index contributed by atoms with van der Waals surface area (Å²) >= 11 is 1.38. The minimum absolute atomic E-state index is 0.135. The number of anilines is 1. The second-order valence-electron chi connectivity index (χ2n) is 7.59. The first kappa shape index (κ1) is 20.0. The van der Waals surface area contributed by atoms with Crippen LogP contribution in [0.15, 0.2) is 24.3 Å². The minimum atomic E-state index is -0.406. The smallest absolute Gasteiger partial charge is 0.267 e. The molecule has 0 aliphatic heterocycles. The number of hydrogen-bond donors (Lipinski definition) is 1. The van der Waals surface area contributed by atoms with Crippen molar-refractivity contribution in [3.8, 4) is 11.6 Å². The van der Waals surface area contributed by atoms with Crippen LogP contribution in [-0.4, -0.2) is 20.7 Å². The second-order valence-corrected chi connectivity index (χ2v) is 8.59. The molecule has 0 bridgehead atoms. The highest BCUT2D eigenvalue weighted by atomic mass is 32.1. The van der Waals surface area contributed by atoms with Crippen LogP contribution in [0.2, 0.25) is 0 Å². The zero-order chi connectivity index (χ0) is 20.6. The molecular formula is C20H23FN4O2S. The number of carbonyl (C=O) groups is 1. The summed E-state index contributed by atoms with van der Waals surface area (Å²) in [5, 5.41) is 8.10. The third kappa shape index (κ3) is 4.06. The van der Waals surface area contributed by atoms with Gasteiger partial charge in [0.1, 0.15) is 22.1 Å². The molecule has 0 aliphatic rings. The lowest BCUT2D eigenvalue weighted by Gasteiger charge is -2.13. The Morgan fingerprint density at radius 3 is 2.57 bits per heavy atom. The largest absolute Gasteiger partial charge is 0.437 e. The van der Waals surface area contributed by atoms with E-state index in [0.717, 1.165) is 5.01 Å². The van der Waals surface area contributed by atoms with E-state index in [1.165, 1.54) is 28.2 Å². The van der Waals surface area contributed by atoms with E-state index in [-0.39, 0.29) is 11.3 Å². The third-order valence-corrected chi connectivity index (χ3v) is 5.65. The van der Waals surface area contributed by atoms with Crippen LogP contribution < -0.4 is 10.1 Å². The van der Waals surface area contributed by atoms with Crippen molar-refractivity contribution in [3.05, 3.63) is 51.4 Å². The zero-order valence-corrected chi connectivity index (χ0v) is 17.6. The van der Waals surface area contributed by atoms with Gasteiger partial charge in [0.05, 0.1) is 16.4 Å². The van der Waals surface area contributed by atoms with Gasteiger partial charge >= 0.3 is 0 Å². The third-order valence-electron chi connectivity index (χ3n) is 4.06. The van der Waals surface area contributed by atoms with E-state index in [9.17, 15) is 9.18 Å². The number of nitrogens with one attached hydrogen (secondary N) is 1. The lowest BCUT2D eigenvalue weighted by Crippen LogP contribution is -2.12. The predicted molar refractivity (Wildman–Crippen MR) is 108 cm³/mol. The van der Waals surface area contributed by atoms with E-state index < -0.39 is 5.82 Å². The summed E-state index contributed by atoms with van der Waals surface area (Å²) in [7, 11) is 1.70. The lowest BCUT2D eigenvalue weighted by atomic mass is 9.98. The molecule has 28 heavy (non-hydrogen) atoms. The first-order valence-electron chi connectivity index (χ1n) is 8.82. The Bertz CT molecular complexity index is 1030. The molecule has 1 amide bonds. The van der Waals surface area contributed by atoms with Gasteiger partial charge < -0.3 is 10.1 Å². The molecule has 0 atom stereocenters. The quantitative estimate of drug-likeness (QED) is 0.669. The van der Waals surface area contributed by atoms with Gasteiger partial charge in [-0.2, -0.15) is 5.10 Å². The van der Waals surface area contributed by atoms with E-state index in [2.05, 4.69) is 36.2 Å². The maximum Gasteiger partial charge on any atom is 0.267 e. The molecule has 0 saturated carbocycles. The molecule has 148 valence electrons. The summed E-state index contributed by atoms with van der Waals surface area (Å²) in [6.45, 7) is 9.77. The molecule has 2 heterocycles. The van der Waals surface area contributed by atoms with Crippen molar-refractivity contribution < 1.29 is 13.9 Å². The van der Waals surface area contributed by atoms with Crippen molar-refractivity contribution in [1.29, 1.82) is 0 Å². The molecule has 0 unspecified atom stereocenters. The predicted octanol–water partition coefficient (Wildman–Crippen LogP) is 4.97. The highest BCUT2D eigenvalue weighted by Crippen LogP contribution is 2.34. The Kier molecular flexibility index (Phi) is 5.25. The Balaban J connectivity index is 1.91. The molecule has 6 nitrogen and oxygen atoms in total. The van der Waals surface area contributed by atoms with Crippen molar-refractivity contribution in [2.75, 3.05) is 5.32 Å². The summed E-state index contributed by atoms with van der Waals surface area (Å²) in [5.74, 6) is -0.0279. The van der Waals surface area contributed by atoms with Crippen molar-refractivity contribution in [2.45, 2.75) is 40.0 Å². The maximum atomic E-state index is 13.5. The average molecular weight is 402 g/mol. The number of rotatable bonds is 4. The molecule has 1 aromatic carbocycles. The fourth-order valence-corrected chi connectivity index (χ4v) is 3.66. The van der Waals surface area contributed by atoms with Crippen LogP contribution in [0.4, 0.5) is 10.1 Å². The van der Waals surface area contributed by atoms with Gasteiger partial charge in [-0.3, -0.25) is 4.79 Å². The Labute approximate surface area is 167 Å². The summed E-state index contributed by atoms with van der Waals surface area (Å²) in [4.78, 5) is 18.0. The summed E-state index contributed by atoms with van der Waals surface area (Å²) in [6, 6.07) is 5.81. The molecule has 2 aromatic heterocycles. The van der Waals surface area contributed by atoms with Gasteiger partial charge in [-0.25, -0.2) is 14.1 Å². The number of halogens is 1. The van der Waals surface area contributed by atoms with Crippen molar-refractivity contribution in [3.63, 3.8) is 0 Å². The first-order chi connectivity index (χ1) is 13.1. The van der Waals surface area contributed by atoms with Crippen molar-refractivity contribution >= 4 is 22.9 Å². The molecule has 0 radical (unpaired) electrons. The summed E-state index contributed by atoms with van der Waals surface area (Å²) in [5.41, 5.74) is 1.59. The molecule has 8 heteroatoms. The number of carbonyl (C=O) groups excluding carboxylic acids is 1. The van der Waals surface area contributed by atoms with Gasteiger partial charge in [0.25, 0.3) is 5.91 Å². The number of benzene rings is 1. The number of aryl methyl sites for hydroxylation is 3. The first-order valence-corrected chi connectivity index (χ1v) is 9.64. The van der Waals surface area contributed by atoms with Crippen LogP contribution in [-0.2, 0) is 12.5 Å². The number of ether oxygens (including phenoxy) is 1. The van der Waals surface area contributed by atoms with Gasteiger partial charge in [-0.1, -0.05) is 26.8 Å². The number of hydrogen-bond acceptors (Lipinski definition) is 5. The van der Waals surface area contributed by atoms with Gasteiger partial charge in [0.15, 0.2) is 0 Å². The lowest BCUT2D eigenvalue weighted by molar-refractivity contribution is 0.102. The van der Waals surface area contributed by atoms with Crippen molar-refractivity contribution in [1.82, 2.24) is 14.8 Å². The monoisotopic (exact) mass is 402 g/mol. The molecule has 3 aromatic rings. The van der Waals surface area contributed by atoms with Crippen LogP contribution in [0.1, 0.15) is 46.8 Å². The van der Waals surface area contributed by atoms with Crippen LogP contribution in [0, 0.1) is 19.7 Å². The molecule has 1 N–H and O–H groups in total.